The van der Waals surface area contributed by atoms with Crippen molar-refractivity contribution in [1.29, 1.82) is 0 Å². The predicted octanol–water partition coefficient (Wildman–Crippen LogP) is 3.04. The molecular formula is C15H22ClNO2S. The molecule has 1 aromatic carbocycles. The first-order valence-corrected chi connectivity index (χ1v) is 9.37. The van der Waals surface area contributed by atoms with Crippen LogP contribution in [0.15, 0.2) is 30.3 Å². The highest BCUT2D eigenvalue weighted by Crippen LogP contribution is 2.26. The van der Waals surface area contributed by atoms with Crippen molar-refractivity contribution >= 4 is 21.6 Å². The molecule has 2 rings (SSSR count). The number of rotatable bonds is 7. The van der Waals surface area contributed by atoms with Crippen LogP contribution in [0.5, 0.6) is 0 Å². The number of hydrogen-bond acceptors (Lipinski definition) is 2. The van der Waals surface area contributed by atoms with Crippen LogP contribution in [-0.2, 0) is 16.4 Å². The van der Waals surface area contributed by atoms with Crippen molar-refractivity contribution in [2.75, 3.05) is 18.2 Å². The number of hydrogen-bond donors (Lipinski definition) is 0. The van der Waals surface area contributed by atoms with E-state index < -0.39 is 10.0 Å². The number of benzene rings is 1. The fourth-order valence-electron chi connectivity index (χ4n) is 2.83. The quantitative estimate of drug-likeness (QED) is 0.725. The SMILES string of the molecule is O=S(=O)(CCc1ccccc1)N(CCCl)C1CCCC1. The molecule has 0 bridgehead atoms. The van der Waals surface area contributed by atoms with E-state index in [1.54, 1.807) is 4.31 Å². The predicted molar refractivity (Wildman–Crippen MR) is 83.6 cm³/mol. The summed E-state index contributed by atoms with van der Waals surface area (Å²) in [5, 5.41) is 0. The third-order valence-electron chi connectivity index (χ3n) is 3.89. The van der Waals surface area contributed by atoms with Gasteiger partial charge >= 0.3 is 0 Å². The van der Waals surface area contributed by atoms with Crippen LogP contribution in [0.4, 0.5) is 0 Å². The van der Waals surface area contributed by atoms with Crippen LogP contribution in [-0.4, -0.2) is 36.9 Å². The van der Waals surface area contributed by atoms with Gasteiger partial charge in [-0.05, 0) is 24.8 Å². The molecule has 3 nitrogen and oxygen atoms in total. The summed E-state index contributed by atoms with van der Waals surface area (Å²) in [5.41, 5.74) is 1.06. The molecule has 0 spiro atoms. The lowest BCUT2D eigenvalue weighted by atomic mass is 10.2. The number of sulfonamides is 1. The van der Waals surface area contributed by atoms with E-state index in [-0.39, 0.29) is 11.8 Å². The molecule has 0 aliphatic heterocycles. The van der Waals surface area contributed by atoms with Crippen molar-refractivity contribution in [3.05, 3.63) is 35.9 Å². The van der Waals surface area contributed by atoms with Crippen molar-refractivity contribution < 1.29 is 8.42 Å². The van der Waals surface area contributed by atoms with Gasteiger partial charge in [0, 0.05) is 18.5 Å². The Kier molecular flexibility index (Phi) is 5.87. The van der Waals surface area contributed by atoms with E-state index in [0.717, 1.165) is 31.2 Å². The average Bonchev–Trinajstić information content (AvgIpc) is 2.97. The average molecular weight is 316 g/mol. The lowest BCUT2D eigenvalue weighted by Crippen LogP contribution is -2.41. The van der Waals surface area contributed by atoms with Gasteiger partial charge in [0.25, 0.3) is 0 Å². The Bertz CT molecular complexity index is 498. The number of alkyl halides is 1. The van der Waals surface area contributed by atoms with Crippen LogP contribution >= 0.6 is 11.6 Å². The third kappa shape index (κ3) is 4.21. The maximum Gasteiger partial charge on any atom is 0.214 e. The van der Waals surface area contributed by atoms with Gasteiger partial charge in [-0.1, -0.05) is 43.2 Å². The Morgan fingerprint density at radius 1 is 1.15 bits per heavy atom. The molecule has 0 atom stereocenters. The highest BCUT2D eigenvalue weighted by atomic mass is 35.5. The summed E-state index contributed by atoms with van der Waals surface area (Å²) >= 11 is 5.79. The fraction of sp³-hybridized carbons (Fsp3) is 0.600. The maximum absolute atomic E-state index is 12.5. The summed E-state index contributed by atoms with van der Waals surface area (Å²) in [4.78, 5) is 0. The molecule has 112 valence electrons. The lowest BCUT2D eigenvalue weighted by molar-refractivity contribution is 0.337. The van der Waals surface area contributed by atoms with Gasteiger partial charge in [-0.3, -0.25) is 0 Å². The Labute approximate surface area is 127 Å². The molecular weight excluding hydrogens is 294 g/mol. The summed E-state index contributed by atoms with van der Waals surface area (Å²) in [6, 6.07) is 9.92. The van der Waals surface area contributed by atoms with E-state index in [9.17, 15) is 8.42 Å². The van der Waals surface area contributed by atoms with Gasteiger partial charge in [0.05, 0.1) is 5.75 Å². The van der Waals surface area contributed by atoms with Gasteiger partial charge in [0.15, 0.2) is 0 Å². The summed E-state index contributed by atoms with van der Waals surface area (Å²) in [5.74, 6) is 0.533. The van der Waals surface area contributed by atoms with E-state index in [0.29, 0.717) is 18.8 Å². The molecule has 0 amide bonds. The molecule has 1 fully saturated rings. The van der Waals surface area contributed by atoms with E-state index in [4.69, 9.17) is 11.6 Å². The van der Waals surface area contributed by atoms with Crippen molar-refractivity contribution in [3.63, 3.8) is 0 Å². The molecule has 0 heterocycles. The number of nitrogens with zero attached hydrogens (tertiary/aromatic N) is 1. The minimum absolute atomic E-state index is 0.162. The first-order chi connectivity index (χ1) is 9.63. The summed E-state index contributed by atoms with van der Waals surface area (Å²) in [6.07, 6.45) is 4.76. The first-order valence-electron chi connectivity index (χ1n) is 7.23. The van der Waals surface area contributed by atoms with Crippen molar-refractivity contribution in [1.82, 2.24) is 4.31 Å². The van der Waals surface area contributed by atoms with Gasteiger partial charge in [-0.15, -0.1) is 11.6 Å². The Balaban J connectivity index is 2.02. The molecule has 0 N–H and O–H groups in total. The zero-order valence-electron chi connectivity index (χ0n) is 11.7. The Hall–Kier alpha value is -0.580. The minimum Gasteiger partial charge on any atom is -0.212 e. The number of halogens is 1. The molecule has 0 radical (unpaired) electrons. The largest absolute Gasteiger partial charge is 0.214 e. The van der Waals surface area contributed by atoms with Gasteiger partial charge in [0.2, 0.25) is 10.0 Å². The van der Waals surface area contributed by atoms with E-state index >= 15 is 0 Å². The van der Waals surface area contributed by atoms with Crippen LogP contribution in [0.2, 0.25) is 0 Å². The molecule has 1 aromatic rings. The standard InChI is InChI=1S/C15H22ClNO2S/c16-11-12-17(15-8-4-5-9-15)20(18,19)13-10-14-6-2-1-3-7-14/h1-3,6-7,15H,4-5,8-13H2. The second-order valence-corrected chi connectivity index (χ2v) is 7.71. The van der Waals surface area contributed by atoms with E-state index in [2.05, 4.69) is 0 Å². The van der Waals surface area contributed by atoms with Crippen LogP contribution < -0.4 is 0 Å². The second kappa shape index (κ2) is 7.43. The topological polar surface area (TPSA) is 37.4 Å². The van der Waals surface area contributed by atoms with Gasteiger partial charge in [-0.25, -0.2) is 8.42 Å². The van der Waals surface area contributed by atoms with Crippen molar-refractivity contribution in [2.45, 2.75) is 38.1 Å². The monoisotopic (exact) mass is 315 g/mol. The van der Waals surface area contributed by atoms with Gasteiger partial charge in [0.1, 0.15) is 0 Å². The normalized spacial score (nSPS) is 16.9. The van der Waals surface area contributed by atoms with Gasteiger partial charge in [-0.2, -0.15) is 4.31 Å². The Morgan fingerprint density at radius 3 is 2.40 bits per heavy atom. The molecule has 1 saturated carbocycles. The van der Waals surface area contributed by atoms with Gasteiger partial charge < -0.3 is 0 Å². The second-order valence-electron chi connectivity index (χ2n) is 5.29. The smallest absolute Gasteiger partial charge is 0.212 e. The molecule has 20 heavy (non-hydrogen) atoms. The minimum atomic E-state index is -3.22. The number of aryl methyl sites for hydroxylation is 1. The molecule has 0 aromatic heterocycles. The molecule has 0 saturated heterocycles. The molecule has 5 heteroatoms. The van der Waals surface area contributed by atoms with Crippen LogP contribution in [0.1, 0.15) is 31.2 Å². The fourth-order valence-corrected chi connectivity index (χ4v) is 4.88. The van der Waals surface area contributed by atoms with E-state index in [1.807, 2.05) is 30.3 Å². The summed E-state index contributed by atoms with van der Waals surface area (Å²) < 4.78 is 26.7. The first kappa shape index (κ1) is 15.8. The van der Waals surface area contributed by atoms with E-state index in [1.165, 1.54) is 0 Å². The zero-order chi connectivity index (χ0) is 14.4. The summed E-state index contributed by atoms with van der Waals surface area (Å²) in [6.45, 7) is 0.434. The highest BCUT2D eigenvalue weighted by molar-refractivity contribution is 7.89. The Morgan fingerprint density at radius 2 is 1.80 bits per heavy atom. The van der Waals surface area contributed by atoms with Crippen molar-refractivity contribution in [2.24, 2.45) is 0 Å². The van der Waals surface area contributed by atoms with Crippen LogP contribution in [0.3, 0.4) is 0 Å². The van der Waals surface area contributed by atoms with Crippen molar-refractivity contribution in [3.8, 4) is 0 Å². The lowest BCUT2D eigenvalue weighted by Gasteiger charge is -2.27. The maximum atomic E-state index is 12.5. The van der Waals surface area contributed by atoms with Crippen LogP contribution in [0.25, 0.3) is 0 Å². The zero-order valence-corrected chi connectivity index (χ0v) is 13.2. The third-order valence-corrected chi connectivity index (χ3v) is 5.97. The van der Waals surface area contributed by atoms with Crippen LogP contribution in [0, 0.1) is 0 Å². The molecule has 0 unspecified atom stereocenters. The summed E-state index contributed by atoms with van der Waals surface area (Å²) in [7, 11) is -3.22. The highest BCUT2D eigenvalue weighted by Gasteiger charge is 2.31. The molecule has 1 aliphatic carbocycles. The molecule has 1 aliphatic rings.